The summed E-state index contributed by atoms with van der Waals surface area (Å²) in [6.45, 7) is 8.05. The average molecular weight is 247 g/mol. The molecule has 1 aromatic heterocycles. The molecule has 1 fully saturated rings. The van der Waals surface area contributed by atoms with Crippen LogP contribution in [0.25, 0.3) is 0 Å². The average Bonchev–Trinajstić information content (AvgIpc) is 2.67. The SMILES string of the molecule is CC(C)(C)n1nc(N2CCCCC2)c(C#N)c1N. The van der Waals surface area contributed by atoms with Gasteiger partial charge in [-0.25, -0.2) is 4.68 Å². The Balaban J connectivity index is 2.44. The molecule has 1 aromatic rings. The Kier molecular flexibility index (Phi) is 3.20. The molecule has 0 aromatic carbocycles. The molecule has 0 aliphatic carbocycles. The second-order valence-corrected chi connectivity index (χ2v) is 5.83. The molecule has 0 unspecified atom stereocenters. The van der Waals surface area contributed by atoms with Gasteiger partial charge in [-0.1, -0.05) is 0 Å². The lowest BCUT2D eigenvalue weighted by Crippen LogP contribution is -2.31. The van der Waals surface area contributed by atoms with Crippen LogP contribution in [0.15, 0.2) is 0 Å². The number of piperidine rings is 1. The van der Waals surface area contributed by atoms with Crippen molar-refractivity contribution in [1.29, 1.82) is 5.26 Å². The van der Waals surface area contributed by atoms with Crippen LogP contribution in [0.1, 0.15) is 45.6 Å². The Morgan fingerprint density at radius 3 is 2.33 bits per heavy atom. The molecule has 5 nitrogen and oxygen atoms in total. The molecule has 18 heavy (non-hydrogen) atoms. The summed E-state index contributed by atoms with van der Waals surface area (Å²) < 4.78 is 1.76. The summed E-state index contributed by atoms with van der Waals surface area (Å²) in [6, 6.07) is 2.20. The van der Waals surface area contributed by atoms with E-state index in [1.165, 1.54) is 6.42 Å². The highest BCUT2D eigenvalue weighted by molar-refractivity contribution is 5.65. The van der Waals surface area contributed by atoms with Crippen LogP contribution in [0.2, 0.25) is 0 Å². The van der Waals surface area contributed by atoms with E-state index < -0.39 is 0 Å². The quantitative estimate of drug-likeness (QED) is 0.824. The third kappa shape index (κ3) is 2.15. The van der Waals surface area contributed by atoms with Gasteiger partial charge in [0.05, 0.1) is 5.54 Å². The standard InChI is InChI=1S/C13H21N5/c1-13(2,3)18-11(15)10(9-14)12(16-18)17-7-5-4-6-8-17/h4-8,15H2,1-3H3. The van der Waals surface area contributed by atoms with Crippen LogP contribution in [-0.4, -0.2) is 22.9 Å². The Morgan fingerprint density at radius 2 is 1.83 bits per heavy atom. The van der Waals surface area contributed by atoms with Crippen molar-refractivity contribution in [2.75, 3.05) is 23.7 Å². The van der Waals surface area contributed by atoms with Gasteiger partial charge in [0, 0.05) is 13.1 Å². The maximum atomic E-state index is 9.30. The third-order valence-electron chi connectivity index (χ3n) is 3.31. The first-order valence-corrected chi connectivity index (χ1v) is 6.49. The lowest BCUT2D eigenvalue weighted by atomic mass is 10.1. The van der Waals surface area contributed by atoms with E-state index in [-0.39, 0.29) is 5.54 Å². The van der Waals surface area contributed by atoms with E-state index in [4.69, 9.17) is 5.73 Å². The fraction of sp³-hybridized carbons (Fsp3) is 0.692. The van der Waals surface area contributed by atoms with Crippen LogP contribution < -0.4 is 10.6 Å². The van der Waals surface area contributed by atoms with Crippen LogP contribution in [0, 0.1) is 11.3 Å². The molecule has 2 rings (SSSR count). The molecular weight excluding hydrogens is 226 g/mol. The van der Waals surface area contributed by atoms with E-state index in [0.717, 1.165) is 31.7 Å². The molecule has 0 radical (unpaired) electrons. The summed E-state index contributed by atoms with van der Waals surface area (Å²) in [6.07, 6.45) is 3.58. The monoisotopic (exact) mass is 247 g/mol. The fourth-order valence-electron chi connectivity index (χ4n) is 2.36. The van der Waals surface area contributed by atoms with Gasteiger partial charge in [-0.05, 0) is 40.0 Å². The van der Waals surface area contributed by atoms with Crippen LogP contribution in [0.4, 0.5) is 11.6 Å². The molecule has 0 bridgehead atoms. The summed E-state index contributed by atoms with van der Waals surface area (Å²) in [7, 11) is 0. The van der Waals surface area contributed by atoms with Crippen molar-refractivity contribution in [2.24, 2.45) is 0 Å². The molecule has 2 heterocycles. The maximum Gasteiger partial charge on any atom is 0.170 e. The topological polar surface area (TPSA) is 70.9 Å². The van der Waals surface area contributed by atoms with Gasteiger partial charge in [0.25, 0.3) is 0 Å². The van der Waals surface area contributed by atoms with Crippen molar-refractivity contribution < 1.29 is 0 Å². The minimum Gasteiger partial charge on any atom is -0.383 e. The predicted octanol–water partition coefficient (Wildman–Crippen LogP) is 2.08. The van der Waals surface area contributed by atoms with E-state index in [9.17, 15) is 5.26 Å². The summed E-state index contributed by atoms with van der Waals surface area (Å²) in [5, 5.41) is 13.9. The van der Waals surface area contributed by atoms with Crippen LogP contribution in [-0.2, 0) is 5.54 Å². The van der Waals surface area contributed by atoms with Crippen molar-refractivity contribution >= 4 is 11.6 Å². The van der Waals surface area contributed by atoms with E-state index in [2.05, 4.69) is 16.1 Å². The number of nitriles is 1. The van der Waals surface area contributed by atoms with Gasteiger partial charge in [-0.15, -0.1) is 0 Å². The second kappa shape index (κ2) is 4.52. The molecule has 1 aliphatic heterocycles. The Labute approximate surface area is 108 Å². The van der Waals surface area contributed by atoms with Crippen LogP contribution in [0.5, 0.6) is 0 Å². The number of aromatic nitrogens is 2. The number of nitrogens with zero attached hydrogens (tertiary/aromatic N) is 4. The summed E-state index contributed by atoms with van der Waals surface area (Å²) in [5.74, 6) is 1.23. The lowest BCUT2D eigenvalue weighted by Gasteiger charge is -2.27. The number of nitrogen functional groups attached to an aromatic ring is 1. The predicted molar refractivity (Wildman–Crippen MR) is 72.4 cm³/mol. The zero-order valence-corrected chi connectivity index (χ0v) is 11.4. The van der Waals surface area contributed by atoms with Crippen molar-refractivity contribution in [1.82, 2.24) is 9.78 Å². The molecule has 5 heteroatoms. The zero-order valence-electron chi connectivity index (χ0n) is 11.4. The first-order valence-electron chi connectivity index (χ1n) is 6.49. The van der Waals surface area contributed by atoms with Crippen LogP contribution >= 0.6 is 0 Å². The molecule has 0 atom stereocenters. The maximum absolute atomic E-state index is 9.30. The Morgan fingerprint density at radius 1 is 1.22 bits per heavy atom. The normalized spacial score (nSPS) is 16.7. The van der Waals surface area contributed by atoms with Gasteiger partial charge in [0.2, 0.25) is 0 Å². The van der Waals surface area contributed by atoms with E-state index in [1.807, 2.05) is 20.8 Å². The largest absolute Gasteiger partial charge is 0.383 e. The number of nitrogens with two attached hydrogens (primary N) is 1. The van der Waals surface area contributed by atoms with E-state index in [0.29, 0.717) is 11.4 Å². The minimum absolute atomic E-state index is 0.205. The van der Waals surface area contributed by atoms with E-state index >= 15 is 0 Å². The highest BCUT2D eigenvalue weighted by atomic mass is 15.4. The number of anilines is 2. The Hall–Kier alpha value is -1.70. The van der Waals surface area contributed by atoms with Gasteiger partial charge in [0.15, 0.2) is 5.82 Å². The third-order valence-corrected chi connectivity index (χ3v) is 3.31. The van der Waals surface area contributed by atoms with Gasteiger partial charge in [-0.3, -0.25) is 0 Å². The molecule has 1 aliphatic rings. The van der Waals surface area contributed by atoms with Crippen molar-refractivity contribution in [3.63, 3.8) is 0 Å². The van der Waals surface area contributed by atoms with Gasteiger partial charge >= 0.3 is 0 Å². The first kappa shape index (κ1) is 12.7. The number of hydrogen-bond donors (Lipinski definition) is 1. The van der Waals surface area contributed by atoms with Crippen LogP contribution in [0.3, 0.4) is 0 Å². The molecule has 1 saturated heterocycles. The second-order valence-electron chi connectivity index (χ2n) is 5.83. The highest BCUT2D eigenvalue weighted by Gasteiger charge is 2.26. The minimum atomic E-state index is -0.205. The Bertz CT molecular complexity index is 469. The molecule has 0 saturated carbocycles. The molecular formula is C13H21N5. The number of hydrogen-bond acceptors (Lipinski definition) is 4. The summed E-state index contributed by atoms with van der Waals surface area (Å²) in [5.41, 5.74) is 6.37. The van der Waals surface area contributed by atoms with Crippen molar-refractivity contribution in [2.45, 2.75) is 45.6 Å². The van der Waals surface area contributed by atoms with E-state index in [1.54, 1.807) is 4.68 Å². The van der Waals surface area contributed by atoms with Gasteiger partial charge in [-0.2, -0.15) is 10.4 Å². The molecule has 2 N–H and O–H groups in total. The van der Waals surface area contributed by atoms with Crippen molar-refractivity contribution in [3.8, 4) is 6.07 Å². The highest BCUT2D eigenvalue weighted by Crippen LogP contribution is 2.30. The van der Waals surface area contributed by atoms with Gasteiger partial charge < -0.3 is 10.6 Å². The van der Waals surface area contributed by atoms with Crippen molar-refractivity contribution in [3.05, 3.63) is 5.56 Å². The molecule has 0 spiro atoms. The molecule has 98 valence electrons. The lowest BCUT2D eigenvalue weighted by molar-refractivity contribution is 0.361. The summed E-state index contributed by atoms with van der Waals surface area (Å²) in [4.78, 5) is 2.18. The summed E-state index contributed by atoms with van der Waals surface area (Å²) >= 11 is 0. The van der Waals surface area contributed by atoms with Gasteiger partial charge in [0.1, 0.15) is 17.5 Å². The first-order chi connectivity index (χ1) is 8.45. The fourth-order valence-corrected chi connectivity index (χ4v) is 2.36. The zero-order chi connectivity index (χ0) is 13.3. The molecule has 0 amide bonds. The number of rotatable bonds is 1. The smallest absolute Gasteiger partial charge is 0.170 e.